The van der Waals surface area contributed by atoms with Gasteiger partial charge in [-0.05, 0) is 84.3 Å². The summed E-state index contributed by atoms with van der Waals surface area (Å²) in [7, 11) is 0. The molecule has 2 fully saturated rings. The molecular weight excluding hydrogens is 416 g/mol. The summed E-state index contributed by atoms with van der Waals surface area (Å²) >= 11 is 0. The topological polar surface area (TPSA) is 18.5 Å². The lowest BCUT2D eigenvalue weighted by Crippen LogP contribution is -2.34. The highest BCUT2D eigenvalue weighted by atomic mass is 16.7. The van der Waals surface area contributed by atoms with Gasteiger partial charge in [0.25, 0.3) is 0 Å². The average molecular weight is 473 g/mol. The highest BCUT2D eigenvalue weighted by molar-refractivity contribution is 5.30. The lowest BCUT2D eigenvalue weighted by atomic mass is 9.69. The van der Waals surface area contributed by atoms with Gasteiger partial charge in [-0.2, -0.15) is 0 Å². The van der Waals surface area contributed by atoms with Gasteiger partial charge in [0.1, 0.15) is 5.75 Å². The number of ether oxygens (including phenoxy) is 2. The minimum Gasteiger partial charge on any atom is -0.465 e. The van der Waals surface area contributed by atoms with E-state index in [0.29, 0.717) is 29.3 Å². The maximum Gasteiger partial charge on any atom is 0.202 e. The smallest absolute Gasteiger partial charge is 0.202 e. The molecule has 0 amide bonds. The van der Waals surface area contributed by atoms with E-state index in [2.05, 4.69) is 86.6 Å². The third-order valence-corrected chi connectivity index (χ3v) is 7.87. The van der Waals surface area contributed by atoms with Gasteiger partial charge in [0.05, 0.1) is 6.10 Å². The zero-order valence-electron chi connectivity index (χ0n) is 24.4. The Bertz CT molecular complexity index is 708. The van der Waals surface area contributed by atoms with Crippen molar-refractivity contribution in [1.29, 1.82) is 0 Å². The van der Waals surface area contributed by atoms with E-state index in [9.17, 15) is 0 Å². The Morgan fingerprint density at radius 2 is 1.44 bits per heavy atom. The summed E-state index contributed by atoms with van der Waals surface area (Å²) in [6.07, 6.45) is 7.58. The van der Waals surface area contributed by atoms with Crippen LogP contribution in [0, 0.1) is 34.5 Å². The Kier molecular flexibility index (Phi) is 10.6. The average Bonchev–Trinajstić information content (AvgIpc) is 3.31. The second kappa shape index (κ2) is 12.3. The largest absolute Gasteiger partial charge is 0.465 e. The predicted molar refractivity (Wildman–Crippen MR) is 147 cm³/mol. The van der Waals surface area contributed by atoms with E-state index in [-0.39, 0.29) is 11.7 Å². The van der Waals surface area contributed by atoms with E-state index in [4.69, 9.17) is 9.47 Å². The molecule has 1 aromatic carbocycles. The van der Waals surface area contributed by atoms with Crippen LogP contribution < -0.4 is 4.74 Å². The molecule has 2 saturated carbocycles. The molecule has 2 aliphatic carbocycles. The first-order chi connectivity index (χ1) is 15.8. The van der Waals surface area contributed by atoms with Crippen LogP contribution in [0.15, 0.2) is 24.3 Å². The van der Waals surface area contributed by atoms with Crippen LogP contribution in [0.2, 0.25) is 0 Å². The maximum absolute atomic E-state index is 6.71. The molecule has 196 valence electrons. The molecule has 0 spiro atoms. The van der Waals surface area contributed by atoms with Crippen LogP contribution in [-0.4, -0.2) is 12.4 Å². The molecule has 3 rings (SSSR count). The summed E-state index contributed by atoms with van der Waals surface area (Å²) in [4.78, 5) is 0. The van der Waals surface area contributed by atoms with E-state index >= 15 is 0 Å². The molecule has 0 aliphatic heterocycles. The first kappa shape index (κ1) is 29.2. The standard InChI is InChI=1S/C30H50O2.C2H6/c1-20-10-11-24(17-20)28(32-27-18-21(2)16-22(27)3)31-25-14-12-23(13-15-25)26(30(7,8)9)19-29(4,5)6;1-2/h12-15,20-22,24,26-28H,10-11,16-19H2,1-9H3;1-2H3. The van der Waals surface area contributed by atoms with Gasteiger partial charge in [0.2, 0.25) is 6.29 Å². The zero-order valence-corrected chi connectivity index (χ0v) is 24.4. The van der Waals surface area contributed by atoms with Crippen molar-refractivity contribution in [2.75, 3.05) is 0 Å². The Balaban J connectivity index is 0.00000199. The molecule has 0 aromatic heterocycles. The van der Waals surface area contributed by atoms with Crippen LogP contribution in [0.25, 0.3) is 0 Å². The van der Waals surface area contributed by atoms with Crippen LogP contribution in [0.4, 0.5) is 0 Å². The summed E-state index contributed by atoms with van der Waals surface area (Å²) < 4.78 is 13.3. The molecule has 2 heteroatoms. The van der Waals surface area contributed by atoms with Gasteiger partial charge >= 0.3 is 0 Å². The van der Waals surface area contributed by atoms with Gasteiger partial charge in [-0.15, -0.1) is 0 Å². The molecule has 0 heterocycles. The lowest BCUT2D eigenvalue weighted by molar-refractivity contribution is -0.156. The zero-order chi connectivity index (χ0) is 25.7. The SMILES string of the molecule is CC.CC1CCC(C(Oc2ccc(C(CC(C)(C)C)C(C)(C)C)cc2)OC2CC(C)CC2C)C1. The van der Waals surface area contributed by atoms with Crippen molar-refractivity contribution in [3.8, 4) is 5.75 Å². The molecule has 1 aromatic rings. The summed E-state index contributed by atoms with van der Waals surface area (Å²) in [6, 6.07) is 8.97. The molecule has 0 saturated heterocycles. The van der Waals surface area contributed by atoms with Gasteiger partial charge in [-0.3, -0.25) is 0 Å². The normalized spacial score (nSPS) is 29.3. The number of benzene rings is 1. The van der Waals surface area contributed by atoms with Crippen LogP contribution in [-0.2, 0) is 4.74 Å². The molecule has 0 radical (unpaired) electrons. The van der Waals surface area contributed by atoms with Crippen molar-refractivity contribution in [1.82, 2.24) is 0 Å². The lowest BCUT2D eigenvalue weighted by Gasteiger charge is -2.36. The van der Waals surface area contributed by atoms with Gasteiger partial charge in [0, 0.05) is 5.92 Å². The molecule has 7 unspecified atom stereocenters. The van der Waals surface area contributed by atoms with E-state index in [1.165, 1.54) is 44.1 Å². The van der Waals surface area contributed by atoms with Crippen molar-refractivity contribution >= 4 is 0 Å². The highest BCUT2D eigenvalue weighted by Crippen LogP contribution is 2.44. The highest BCUT2D eigenvalue weighted by Gasteiger charge is 2.37. The van der Waals surface area contributed by atoms with Gasteiger partial charge in [-0.25, -0.2) is 0 Å². The quantitative estimate of drug-likeness (QED) is 0.367. The van der Waals surface area contributed by atoms with Crippen molar-refractivity contribution in [2.24, 2.45) is 34.5 Å². The predicted octanol–water partition coefficient (Wildman–Crippen LogP) is 9.87. The molecule has 0 N–H and O–H groups in total. The van der Waals surface area contributed by atoms with Gasteiger partial charge < -0.3 is 9.47 Å². The second-order valence-corrected chi connectivity index (χ2v) is 13.6. The van der Waals surface area contributed by atoms with E-state index in [1.807, 2.05) is 13.8 Å². The molecule has 34 heavy (non-hydrogen) atoms. The summed E-state index contributed by atoms with van der Waals surface area (Å²) in [5.74, 6) is 4.16. The van der Waals surface area contributed by atoms with Crippen molar-refractivity contribution < 1.29 is 9.47 Å². The molecule has 0 bridgehead atoms. The minimum absolute atomic E-state index is 0.114. The third-order valence-electron chi connectivity index (χ3n) is 7.87. The van der Waals surface area contributed by atoms with E-state index < -0.39 is 0 Å². The fourth-order valence-electron chi connectivity index (χ4n) is 6.06. The van der Waals surface area contributed by atoms with Gasteiger partial charge in [-0.1, -0.05) is 94.7 Å². The fourth-order valence-corrected chi connectivity index (χ4v) is 6.06. The molecular formula is C32H56O2. The molecule has 2 aliphatic rings. The third kappa shape index (κ3) is 8.58. The maximum atomic E-state index is 6.71. The van der Waals surface area contributed by atoms with Crippen LogP contribution in [0.5, 0.6) is 5.75 Å². The number of hydrogen-bond donors (Lipinski definition) is 0. The Hall–Kier alpha value is -1.02. The van der Waals surface area contributed by atoms with Crippen LogP contribution >= 0.6 is 0 Å². The number of rotatable bonds is 7. The van der Waals surface area contributed by atoms with Crippen molar-refractivity contribution in [2.45, 2.75) is 133 Å². The first-order valence-electron chi connectivity index (χ1n) is 14.2. The molecule has 2 nitrogen and oxygen atoms in total. The summed E-state index contributed by atoms with van der Waals surface area (Å²) in [5.41, 5.74) is 1.96. The van der Waals surface area contributed by atoms with Crippen molar-refractivity contribution in [3.63, 3.8) is 0 Å². The Morgan fingerprint density at radius 3 is 1.88 bits per heavy atom. The number of hydrogen-bond acceptors (Lipinski definition) is 2. The van der Waals surface area contributed by atoms with Crippen LogP contribution in [0.1, 0.15) is 126 Å². The summed E-state index contributed by atoms with van der Waals surface area (Å²) in [5, 5.41) is 0. The Morgan fingerprint density at radius 1 is 0.824 bits per heavy atom. The Labute approximate surface area is 212 Å². The van der Waals surface area contributed by atoms with Crippen molar-refractivity contribution in [3.05, 3.63) is 29.8 Å². The van der Waals surface area contributed by atoms with E-state index in [0.717, 1.165) is 17.6 Å². The fraction of sp³-hybridized carbons (Fsp3) is 0.812. The first-order valence-corrected chi connectivity index (χ1v) is 14.2. The monoisotopic (exact) mass is 472 g/mol. The second-order valence-electron chi connectivity index (χ2n) is 13.6. The van der Waals surface area contributed by atoms with E-state index in [1.54, 1.807) is 0 Å². The van der Waals surface area contributed by atoms with Gasteiger partial charge in [0.15, 0.2) is 0 Å². The minimum atomic E-state index is -0.114. The summed E-state index contributed by atoms with van der Waals surface area (Å²) in [6.45, 7) is 25.2. The van der Waals surface area contributed by atoms with Crippen LogP contribution in [0.3, 0.4) is 0 Å². The molecule has 7 atom stereocenters.